The summed E-state index contributed by atoms with van der Waals surface area (Å²) in [6, 6.07) is 8.92. The summed E-state index contributed by atoms with van der Waals surface area (Å²) in [4.78, 5) is 11.9. The molecular weight excluding hydrogens is 347 g/mol. The van der Waals surface area contributed by atoms with Crippen LogP contribution in [0.5, 0.6) is 0 Å². The Morgan fingerprint density at radius 2 is 2.25 bits per heavy atom. The smallest absolute Gasteiger partial charge is 0.262 e. The van der Waals surface area contributed by atoms with Crippen molar-refractivity contribution in [2.45, 2.75) is 6.92 Å². The van der Waals surface area contributed by atoms with Crippen molar-refractivity contribution in [2.24, 2.45) is 0 Å². The third-order valence-electron chi connectivity index (χ3n) is 3.16. The van der Waals surface area contributed by atoms with Gasteiger partial charge in [-0.3, -0.25) is 4.79 Å². The molecule has 2 aromatic rings. The van der Waals surface area contributed by atoms with E-state index in [4.69, 9.17) is 23.2 Å². The highest BCUT2D eigenvalue weighted by molar-refractivity contribution is 6.32. The molecule has 122 valence electrons. The molecular formula is C17H14Cl2N4O. The van der Waals surface area contributed by atoms with E-state index in [0.29, 0.717) is 27.1 Å². The van der Waals surface area contributed by atoms with E-state index in [1.54, 1.807) is 31.2 Å². The molecule has 0 aliphatic rings. The molecule has 0 fully saturated rings. The van der Waals surface area contributed by atoms with Crippen LogP contribution in [0.15, 0.2) is 42.5 Å². The standard InChI is InChI=1S/C17H14Cl2N4O/c1-3-7-21-17(24)12(10-20)8-15-11(2)22-23(16(15)19)14-6-4-5-13(18)9-14/h3-6,8-9H,1,7H2,2H3,(H,21,24)/b12-8+. The Labute approximate surface area is 149 Å². The van der Waals surface area contributed by atoms with Gasteiger partial charge in [0.1, 0.15) is 16.8 Å². The lowest BCUT2D eigenvalue weighted by atomic mass is 10.1. The van der Waals surface area contributed by atoms with Crippen LogP contribution in [0.1, 0.15) is 11.3 Å². The fraction of sp³-hybridized carbons (Fsp3) is 0.118. The van der Waals surface area contributed by atoms with Gasteiger partial charge in [-0.1, -0.05) is 35.3 Å². The maximum atomic E-state index is 11.9. The number of carbonyl (C=O) groups is 1. The highest BCUT2D eigenvalue weighted by Crippen LogP contribution is 2.26. The van der Waals surface area contributed by atoms with E-state index in [1.807, 2.05) is 6.07 Å². The summed E-state index contributed by atoms with van der Waals surface area (Å²) < 4.78 is 1.51. The SMILES string of the molecule is C=CCNC(=O)/C(C#N)=C/c1c(C)nn(-c2cccc(Cl)c2)c1Cl. The van der Waals surface area contributed by atoms with Crippen LogP contribution in [0.25, 0.3) is 11.8 Å². The third kappa shape index (κ3) is 3.85. The molecule has 0 radical (unpaired) electrons. The van der Waals surface area contributed by atoms with Gasteiger partial charge in [-0.15, -0.1) is 6.58 Å². The van der Waals surface area contributed by atoms with Crippen molar-refractivity contribution in [1.29, 1.82) is 5.26 Å². The quantitative estimate of drug-likeness (QED) is 0.502. The molecule has 0 bridgehead atoms. The van der Waals surface area contributed by atoms with Crippen LogP contribution in [0.3, 0.4) is 0 Å². The molecule has 5 nitrogen and oxygen atoms in total. The maximum absolute atomic E-state index is 11.9. The number of benzene rings is 1. The minimum atomic E-state index is -0.497. The fourth-order valence-corrected chi connectivity index (χ4v) is 2.52. The minimum Gasteiger partial charge on any atom is -0.348 e. The molecule has 1 amide bonds. The summed E-state index contributed by atoms with van der Waals surface area (Å²) in [5.74, 6) is -0.497. The number of nitriles is 1. The van der Waals surface area contributed by atoms with Crippen molar-refractivity contribution in [2.75, 3.05) is 6.54 Å². The molecule has 0 aliphatic carbocycles. The first kappa shape index (κ1) is 17.8. The number of hydrogen-bond acceptors (Lipinski definition) is 3. The highest BCUT2D eigenvalue weighted by Gasteiger charge is 2.16. The molecule has 0 saturated carbocycles. The van der Waals surface area contributed by atoms with Crippen LogP contribution in [0.2, 0.25) is 10.2 Å². The van der Waals surface area contributed by atoms with Gasteiger partial charge in [-0.05, 0) is 31.2 Å². The zero-order valence-electron chi connectivity index (χ0n) is 12.9. The van der Waals surface area contributed by atoms with Crippen LogP contribution >= 0.6 is 23.2 Å². The van der Waals surface area contributed by atoms with E-state index >= 15 is 0 Å². The van der Waals surface area contributed by atoms with E-state index in [0.717, 1.165) is 0 Å². The third-order valence-corrected chi connectivity index (χ3v) is 3.76. The molecule has 7 heteroatoms. The van der Waals surface area contributed by atoms with Crippen molar-refractivity contribution in [1.82, 2.24) is 15.1 Å². The van der Waals surface area contributed by atoms with Gasteiger partial charge in [0.25, 0.3) is 5.91 Å². The first-order valence-corrected chi connectivity index (χ1v) is 7.75. The first-order chi connectivity index (χ1) is 11.5. The lowest BCUT2D eigenvalue weighted by Gasteiger charge is -2.03. The number of nitrogens with zero attached hydrogens (tertiary/aromatic N) is 3. The van der Waals surface area contributed by atoms with Crippen LogP contribution < -0.4 is 5.32 Å². The number of rotatable bonds is 5. The number of hydrogen-bond donors (Lipinski definition) is 1. The van der Waals surface area contributed by atoms with Crippen molar-refractivity contribution < 1.29 is 4.79 Å². The number of aromatic nitrogens is 2. The average Bonchev–Trinajstić information content (AvgIpc) is 2.85. The molecule has 0 atom stereocenters. The normalized spacial score (nSPS) is 11.0. The van der Waals surface area contributed by atoms with E-state index in [-0.39, 0.29) is 12.1 Å². The van der Waals surface area contributed by atoms with Crippen molar-refractivity contribution in [3.05, 3.63) is 63.9 Å². The Morgan fingerprint density at radius 1 is 1.50 bits per heavy atom. The number of nitrogens with one attached hydrogen (secondary N) is 1. The number of halogens is 2. The van der Waals surface area contributed by atoms with Crippen LogP contribution in [-0.4, -0.2) is 22.2 Å². The number of carbonyl (C=O) groups excluding carboxylic acids is 1. The van der Waals surface area contributed by atoms with Gasteiger partial charge < -0.3 is 5.32 Å². The summed E-state index contributed by atoms with van der Waals surface area (Å²) in [5, 5.41) is 17.0. The fourth-order valence-electron chi connectivity index (χ4n) is 2.01. The molecule has 24 heavy (non-hydrogen) atoms. The lowest BCUT2D eigenvalue weighted by molar-refractivity contribution is -0.116. The molecule has 1 heterocycles. The zero-order valence-corrected chi connectivity index (χ0v) is 14.4. The molecule has 0 unspecified atom stereocenters. The molecule has 0 spiro atoms. The van der Waals surface area contributed by atoms with E-state index in [2.05, 4.69) is 17.0 Å². The number of amides is 1. The van der Waals surface area contributed by atoms with E-state index in [9.17, 15) is 10.1 Å². The van der Waals surface area contributed by atoms with Gasteiger partial charge in [-0.2, -0.15) is 10.4 Å². The topological polar surface area (TPSA) is 70.7 Å². The van der Waals surface area contributed by atoms with Gasteiger partial charge in [0.2, 0.25) is 0 Å². The van der Waals surface area contributed by atoms with E-state index in [1.165, 1.54) is 16.8 Å². The van der Waals surface area contributed by atoms with Crippen molar-refractivity contribution in [3.8, 4) is 11.8 Å². The second-order valence-electron chi connectivity index (χ2n) is 4.85. The second-order valence-corrected chi connectivity index (χ2v) is 5.64. The molecule has 2 rings (SSSR count). The summed E-state index contributed by atoms with van der Waals surface area (Å²) in [5.41, 5.74) is 1.71. The largest absolute Gasteiger partial charge is 0.348 e. The monoisotopic (exact) mass is 360 g/mol. The Bertz CT molecular complexity index is 862. The van der Waals surface area contributed by atoms with Crippen LogP contribution in [0.4, 0.5) is 0 Å². The van der Waals surface area contributed by atoms with Crippen molar-refractivity contribution in [3.63, 3.8) is 0 Å². The molecule has 0 aliphatic heterocycles. The predicted octanol–water partition coefficient (Wildman–Crippen LogP) is 3.70. The summed E-state index contributed by atoms with van der Waals surface area (Å²) in [6.07, 6.45) is 2.95. The molecule has 1 aromatic heterocycles. The van der Waals surface area contributed by atoms with E-state index < -0.39 is 5.91 Å². The van der Waals surface area contributed by atoms with Crippen molar-refractivity contribution >= 4 is 35.2 Å². The maximum Gasteiger partial charge on any atom is 0.262 e. The summed E-state index contributed by atoms with van der Waals surface area (Å²) in [7, 11) is 0. The summed E-state index contributed by atoms with van der Waals surface area (Å²) >= 11 is 12.4. The Hall–Kier alpha value is -2.55. The Balaban J connectivity index is 2.45. The minimum absolute atomic E-state index is 0.0625. The second kappa shape index (κ2) is 7.82. The molecule has 0 saturated heterocycles. The molecule has 1 N–H and O–H groups in total. The Morgan fingerprint density at radius 3 is 2.88 bits per heavy atom. The first-order valence-electron chi connectivity index (χ1n) is 7.00. The number of aryl methyl sites for hydroxylation is 1. The van der Waals surface area contributed by atoms with Gasteiger partial charge in [-0.25, -0.2) is 4.68 Å². The van der Waals surface area contributed by atoms with Gasteiger partial charge in [0, 0.05) is 17.1 Å². The zero-order chi connectivity index (χ0) is 17.7. The van der Waals surface area contributed by atoms with Gasteiger partial charge in [0.05, 0.1) is 11.4 Å². The predicted molar refractivity (Wildman–Crippen MR) is 95.1 cm³/mol. The summed E-state index contributed by atoms with van der Waals surface area (Å²) in [6.45, 7) is 5.53. The van der Waals surface area contributed by atoms with Gasteiger partial charge >= 0.3 is 0 Å². The Kier molecular flexibility index (Phi) is 5.80. The van der Waals surface area contributed by atoms with Gasteiger partial charge in [0.15, 0.2) is 0 Å². The lowest BCUT2D eigenvalue weighted by Crippen LogP contribution is -2.24. The molecule has 1 aromatic carbocycles. The highest BCUT2D eigenvalue weighted by atomic mass is 35.5. The van der Waals surface area contributed by atoms with Crippen LogP contribution in [-0.2, 0) is 4.79 Å². The van der Waals surface area contributed by atoms with Crippen LogP contribution in [0, 0.1) is 18.3 Å². The average molecular weight is 361 g/mol.